The minimum Gasteiger partial charge on any atom is -0.341 e. The molecule has 2 aliphatic heterocycles. The van der Waals surface area contributed by atoms with Crippen molar-refractivity contribution in [2.45, 2.75) is 49.5 Å². The standard InChI is InChI=1S/C26H31ClN4O2S/c1-18-22-10-9-21(34(2,32)33)16-25(22)29-26(28-18)30-13-5-6-20(12-15-30)31-14-11-19(17-31)23-7-3-4-8-24(23)27/h3-4,7-10,16,19-20H,5-6,11-15,17H2,1-2H3/t19-,20-/m1/s1. The number of halogens is 1. The summed E-state index contributed by atoms with van der Waals surface area (Å²) in [6.45, 7) is 5.95. The molecule has 0 spiro atoms. The predicted octanol–water partition coefficient (Wildman–Crippen LogP) is 4.84. The van der Waals surface area contributed by atoms with Crippen molar-refractivity contribution in [1.29, 1.82) is 0 Å². The number of fused-ring (bicyclic) bond motifs is 1. The van der Waals surface area contributed by atoms with Gasteiger partial charge in [0, 0.05) is 42.3 Å². The van der Waals surface area contributed by atoms with Crippen LogP contribution in [0.2, 0.25) is 5.02 Å². The maximum absolute atomic E-state index is 12.0. The van der Waals surface area contributed by atoms with Gasteiger partial charge in [0.05, 0.1) is 16.1 Å². The summed E-state index contributed by atoms with van der Waals surface area (Å²) in [4.78, 5) is 14.8. The van der Waals surface area contributed by atoms with Gasteiger partial charge in [-0.1, -0.05) is 29.8 Å². The molecule has 180 valence electrons. The molecule has 2 aromatic carbocycles. The highest BCUT2D eigenvalue weighted by Crippen LogP contribution is 2.34. The number of sulfone groups is 1. The van der Waals surface area contributed by atoms with Crippen LogP contribution in [0.1, 0.15) is 42.9 Å². The lowest BCUT2D eigenvalue weighted by Gasteiger charge is -2.27. The largest absolute Gasteiger partial charge is 0.341 e. The molecular formula is C26H31ClN4O2S. The Hall–Kier alpha value is -2.22. The summed E-state index contributed by atoms with van der Waals surface area (Å²) in [5.41, 5.74) is 2.84. The Kier molecular flexibility index (Phi) is 6.53. The van der Waals surface area contributed by atoms with Crippen molar-refractivity contribution in [2.24, 2.45) is 0 Å². The third-order valence-corrected chi connectivity index (χ3v) is 8.79. The summed E-state index contributed by atoms with van der Waals surface area (Å²) < 4.78 is 24.0. The summed E-state index contributed by atoms with van der Waals surface area (Å²) in [5.74, 6) is 1.20. The molecule has 6 nitrogen and oxygen atoms in total. The second-order valence-corrected chi connectivity index (χ2v) is 12.1. The van der Waals surface area contributed by atoms with E-state index in [4.69, 9.17) is 21.6 Å². The molecule has 3 aromatic rings. The van der Waals surface area contributed by atoms with E-state index in [0.29, 0.717) is 28.3 Å². The van der Waals surface area contributed by atoms with Gasteiger partial charge >= 0.3 is 0 Å². The normalized spacial score (nSPS) is 22.3. The van der Waals surface area contributed by atoms with E-state index in [1.165, 1.54) is 11.8 Å². The molecule has 0 unspecified atom stereocenters. The van der Waals surface area contributed by atoms with Crippen molar-refractivity contribution in [1.82, 2.24) is 14.9 Å². The fourth-order valence-electron chi connectivity index (χ4n) is 5.45. The SMILES string of the molecule is Cc1nc(N2CCC[C@@H](N3CC[C@@H](c4ccccc4Cl)C3)CC2)nc2cc(S(C)(=O)=O)ccc12. The summed E-state index contributed by atoms with van der Waals surface area (Å²) in [5, 5.41) is 1.77. The van der Waals surface area contributed by atoms with E-state index in [0.717, 1.165) is 68.0 Å². The summed E-state index contributed by atoms with van der Waals surface area (Å²) in [6.07, 6.45) is 5.70. The van der Waals surface area contributed by atoms with Gasteiger partial charge in [-0.3, -0.25) is 4.90 Å². The van der Waals surface area contributed by atoms with E-state index in [2.05, 4.69) is 21.9 Å². The van der Waals surface area contributed by atoms with Crippen LogP contribution in [0.5, 0.6) is 0 Å². The molecule has 0 amide bonds. The van der Waals surface area contributed by atoms with E-state index in [1.54, 1.807) is 12.1 Å². The maximum atomic E-state index is 12.0. The van der Waals surface area contributed by atoms with Crippen molar-refractivity contribution in [2.75, 3.05) is 37.3 Å². The van der Waals surface area contributed by atoms with Crippen LogP contribution in [0.25, 0.3) is 10.9 Å². The Balaban J connectivity index is 1.31. The molecule has 2 atom stereocenters. The van der Waals surface area contributed by atoms with Crippen molar-refractivity contribution in [3.63, 3.8) is 0 Å². The number of aromatic nitrogens is 2. The lowest BCUT2D eigenvalue weighted by atomic mass is 9.98. The van der Waals surface area contributed by atoms with Gasteiger partial charge < -0.3 is 4.90 Å². The molecule has 1 aromatic heterocycles. The lowest BCUT2D eigenvalue weighted by molar-refractivity contribution is 0.222. The number of hydrogen-bond donors (Lipinski definition) is 0. The summed E-state index contributed by atoms with van der Waals surface area (Å²) in [6, 6.07) is 13.9. The molecule has 0 N–H and O–H groups in total. The zero-order chi connectivity index (χ0) is 23.9. The van der Waals surface area contributed by atoms with Crippen molar-refractivity contribution in [3.8, 4) is 0 Å². The van der Waals surface area contributed by atoms with Crippen molar-refractivity contribution in [3.05, 3.63) is 58.7 Å². The van der Waals surface area contributed by atoms with Crippen LogP contribution in [0, 0.1) is 6.92 Å². The molecular weight excluding hydrogens is 468 g/mol. The molecule has 8 heteroatoms. The summed E-state index contributed by atoms with van der Waals surface area (Å²) >= 11 is 6.47. The highest BCUT2D eigenvalue weighted by atomic mass is 35.5. The fraction of sp³-hybridized carbons (Fsp3) is 0.462. The van der Waals surface area contributed by atoms with Crippen LogP contribution in [0.15, 0.2) is 47.4 Å². The van der Waals surface area contributed by atoms with Gasteiger partial charge in [0.25, 0.3) is 0 Å². The van der Waals surface area contributed by atoms with Gasteiger partial charge in [0.1, 0.15) is 0 Å². The van der Waals surface area contributed by atoms with E-state index in [-0.39, 0.29) is 0 Å². The van der Waals surface area contributed by atoms with Crippen molar-refractivity contribution >= 4 is 38.3 Å². The number of nitrogens with zero attached hydrogens (tertiary/aromatic N) is 4. The monoisotopic (exact) mass is 498 g/mol. The number of hydrogen-bond acceptors (Lipinski definition) is 6. The van der Waals surface area contributed by atoms with Crippen LogP contribution >= 0.6 is 11.6 Å². The molecule has 2 aliphatic rings. The van der Waals surface area contributed by atoms with E-state index >= 15 is 0 Å². The second-order valence-electron chi connectivity index (χ2n) is 9.63. The van der Waals surface area contributed by atoms with Crippen LogP contribution in [-0.2, 0) is 9.84 Å². The average Bonchev–Trinajstić information content (AvgIpc) is 3.15. The zero-order valence-electron chi connectivity index (χ0n) is 19.7. The molecule has 0 aliphatic carbocycles. The van der Waals surface area contributed by atoms with Gasteiger partial charge in [-0.15, -0.1) is 0 Å². The average molecular weight is 499 g/mol. The Morgan fingerprint density at radius 3 is 2.62 bits per heavy atom. The first kappa shape index (κ1) is 23.5. The fourth-order valence-corrected chi connectivity index (χ4v) is 6.38. The first-order valence-electron chi connectivity index (χ1n) is 12.0. The van der Waals surface area contributed by atoms with Crippen LogP contribution in [-0.4, -0.2) is 61.8 Å². The molecule has 0 saturated carbocycles. The van der Waals surface area contributed by atoms with E-state index in [9.17, 15) is 8.42 Å². The highest BCUT2D eigenvalue weighted by Gasteiger charge is 2.31. The van der Waals surface area contributed by atoms with Gasteiger partial charge in [0.2, 0.25) is 5.95 Å². The van der Waals surface area contributed by atoms with Crippen molar-refractivity contribution < 1.29 is 8.42 Å². The number of aryl methyl sites for hydroxylation is 1. The minimum atomic E-state index is -3.28. The Morgan fingerprint density at radius 1 is 1.00 bits per heavy atom. The molecule has 5 rings (SSSR count). The molecule has 34 heavy (non-hydrogen) atoms. The molecule has 0 radical (unpaired) electrons. The summed E-state index contributed by atoms with van der Waals surface area (Å²) in [7, 11) is -3.28. The molecule has 2 saturated heterocycles. The smallest absolute Gasteiger partial charge is 0.226 e. The van der Waals surface area contributed by atoms with Crippen LogP contribution in [0.3, 0.4) is 0 Å². The predicted molar refractivity (Wildman–Crippen MR) is 138 cm³/mol. The molecule has 0 bridgehead atoms. The Labute approximate surface area is 206 Å². The second kappa shape index (κ2) is 9.44. The van der Waals surface area contributed by atoms with Crippen LogP contribution in [0.4, 0.5) is 5.95 Å². The lowest BCUT2D eigenvalue weighted by Crippen LogP contribution is -2.34. The van der Waals surface area contributed by atoms with Gasteiger partial charge in [-0.25, -0.2) is 18.4 Å². The number of anilines is 1. The maximum Gasteiger partial charge on any atom is 0.226 e. The first-order valence-corrected chi connectivity index (χ1v) is 14.3. The third kappa shape index (κ3) is 4.79. The Bertz CT molecular complexity index is 1310. The first-order chi connectivity index (χ1) is 16.3. The quantitative estimate of drug-likeness (QED) is 0.512. The number of benzene rings is 2. The van der Waals surface area contributed by atoms with Gasteiger partial charge in [0.15, 0.2) is 9.84 Å². The minimum absolute atomic E-state index is 0.294. The zero-order valence-corrected chi connectivity index (χ0v) is 21.3. The molecule has 2 fully saturated rings. The third-order valence-electron chi connectivity index (χ3n) is 7.34. The number of likely N-dealkylation sites (tertiary alicyclic amines) is 1. The van der Waals surface area contributed by atoms with Crippen LogP contribution < -0.4 is 4.90 Å². The topological polar surface area (TPSA) is 66.4 Å². The van der Waals surface area contributed by atoms with Gasteiger partial charge in [-0.2, -0.15) is 0 Å². The Morgan fingerprint density at radius 2 is 1.82 bits per heavy atom. The number of rotatable bonds is 4. The molecule has 3 heterocycles. The van der Waals surface area contributed by atoms with E-state index in [1.807, 2.05) is 25.1 Å². The van der Waals surface area contributed by atoms with Gasteiger partial charge in [-0.05, 0) is 74.9 Å². The van der Waals surface area contributed by atoms with E-state index < -0.39 is 9.84 Å². The highest BCUT2D eigenvalue weighted by molar-refractivity contribution is 7.90.